The Kier molecular flexibility index (Phi) is 4.56. The number of hydrogen-bond donors (Lipinski definition) is 3. The summed E-state index contributed by atoms with van der Waals surface area (Å²) in [5.41, 5.74) is 5.47. The fourth-order valence-electron chi connectivity index (χ4n) is 1.17. The van der Waals surface area contributed by atoms with Crippen molar-refractivity contribution in [2.24, 2.45) is 5.10 Å². The number of amides is 4. The Balaban J connectivity index is 2.33. The molecule has 0 bridgehead atoms. The van der Waals surface area contributed by atoms with E-state index in [-0.39, 0.29) is 6.03 Å². The smallest absolute Gasteiger partial charge is 0.337 e. The summed E-state index contributed by atoms with van der Waals surface area (Å²) >= 11 is 0. The molecular weight excluding hydrogens is 210 g/mol. The Hall–Kier alpha value is -1.79. The van der Waals surface area contributed by atoms with Gasteiger partial charge in [-0.3, -0.25) is 0 Å². The van der Waals surface area contributed by atoms with Crippen LogP contribution in [0.25, 0.3) is 0 Å². The maximum Gasteiger partial charge on any atom is 0.356 e. The van der Waals surface area contributed by atoms with Gasteiger partial charge in [-0.2, -0.15) is 5.10 Å². The molecule has 0 aromatic carbocycles. The van der Waals surface area contributed by atoms with Crippen molar-refractivity contribution < 1.29 is 9.59 Å². The van der Waals surface area contributed by atoms with Gasteiger partial charge < -0.3 is 5.32 Å². The van der Waals surface area contributed by atoms with Gasteiger partial charge in [0.1, 0.15) is 0 Å². The van der Waals surface area contributed by atoms with Crippen LogP contribution in [0.1, 0.15) is 26.7 Å². The Morgan fingerprint density at radius 1 is 1.62 bits per heavy atom. The number of rotatable bonds is 4. The molecule has 1 aliphatic heterocycles. The number of carbonyl (C=O) groups is 2. The first-order valence-electron chi connectivity index (χ1n) is 5.28. The van der Waals surface area contributed by atoms with E-state index in [2.05, 4.69) is 21.3 Å². The van der Waals surface area contributed by atoms with Crippen molar-refractivity contribution in [2.75, 3.05) is 13.1 Å². The van der Waals surface area contributed by atoms with Crippen LogP contribution >= 0.6 is 0 Å². The molecule has 16 heavy (non-hydrogen) atoms. The minimum Gasteiger partial charge on any atom is -0.337 e. The van der Waals surface area contributed by atoms with Crippen LogP contribution in [0.3, 0.4) is 0 Å². The lowest BCUT2D eigenvalue weighted by molar-refractivity contribution is 0.172. The third-order valence-corrected chi connectivity index (χ3v) is 2.03. The summed E-state index contributed by atoms with van der Waals surface area (Å²) < 4.78 is 0. The third-order valence-electron chi connectivity index (χ3n) is 2.03. The second-order valence-electron chi connectivity index (χ2n) is 3.57. The average Bonchev–Trinajstić information content (AvgIpc) is 2.24. The number of nitrogens with zero attached hydrogens (tertiary/aromatic N) is 2. The van der Waals surface area contributed by atoms with Gasteiger partial charge in [-0.1, -0.05) is 13.3 Å². The highest BCUT2D eigenvalue weighted by Gasteiger charge is 2.20. The first-order chi connectivity index (χ1) is 7.63. The third kappa shape index (κ3) is 3.76. The lowest BCUT2D eigenvalue weighted by atomic mass is 10.3. The van der Waals surface area contributed by atoms with Crippen LogP contribution in [0.15, 0.2) is 5.10 Å². The summed E-state index contributed by atoms with van der Waals surface area (Å²) in [6, 6.07) is -0.811. The monoisotopic (exact) mass is 227 g/mol. The number of hydrogen-bond acceptors (Lipinski definition) is 3. The molecule has 90 valence electrons. The SMILES string of the molecule is CCCCNC(=O)NN1CC(C)=NNC1=O. The van der Waals surface area contributed by atoms with Gasteiger partial charge in [0, 0.05) is 6.54 Å². The van der Waals surface area contributed by atoms with E-state index in [1.54, 1.807) is 6.92 Å². The molecule has 1 rings (SSSR count). The summed E-state index contributed by atoms with van der Waals surface area (Å²) in [7, 11) is 0. The normalized spacial score (nSPS) is 15.2. The zero-order chi connectivity index (χ0) is 12.0. The van der Waals surface area contributed by atoms with Crippen molar-refractivity contribution in [3.05, 3.63) is 0 Å². The molecule has 0 radical (unpaired) electrons. The molecule has 0 unspecified atom stereocenters. The molecule has 0 aliphatic carbocycles. The predicted octanol–water partition coefficient (Wildman–Crippen LogP) is 0.402. The number of carbonyl (C=O) groups excluding carboxylic acids is 2. The molecule has 7 heteroatoms. The van der Waals surface area contributed by atoms with Crippen LogP contribution in [-0.4, -0.2) is 35.9 Å². The zero-order valence-corrected chi connectivity index (χ0v) is 9.54. The van der Waals surface area contributed by atoms with Crippen LogP contribution < -0.4 is 16.2 Å². The van der Waals surface area contributed by atoms with Crippen LogP contribution in [-0.2, 0) is 0 Å². The number of unbranched alkanes of at least 4 members (excludes halogenated alkanes) is 1. The fourth-order valence-corrected chi connectivity index (χ4v) is 1.17. The Bertz CT molecular complexity index is 302. The molecule has 4 amide bonds. The zero-order valence-electron chi connectivity index (χ0n) is 9.54. The minimum absolute atomic E-state index is 0.299. The quantitative estimate of drug-likeness (QED) is 0.607. The number of hydrazone groups is 1. The van der Waals surface area contributed by atoms with Crippen molar-refractivity contribution in [1.82, 2.24) is 21.2 Å². The van der Waals surface area contributed by atoms with E-state index < -0.39 is 6.03 Å². The van der Waals surface area contributed by atoms with Crippen LogP contribution in [0.2, 0.25) is 0 Å². The van der Waals surface area contributed by atoms with E-state index in [9.17, 15) is 9.59 Å². The second kappa shape index (κ2) is 5.94. The van der Waals surface area contributed by atoms with E-state index in [0.29, 0.717) is 13.1 Å². The standard InChI is InChI=1S/C9H17N5O2/c1-3-4-5-10-8(15)13-14-6-7(2)11-12-9(14)16/h3-6H2,1-2H3,(H,12,16)(H2,10,13,15). The number of urea groups is 2. The fraction of sp³-hybridized carbons (Fsp3) is 0.667. The average molecular weight is 227 g/mol. The maximum atomic E-state index is 11.4. The van der Waals surface area contributed by atoms with Gasteiger partial charge in [0.25, 0.3) is 0 Å². The Labute approximate surface area is 94.2 Å². The molecule has 0 atom stereocenters. The first kappa shape index (κ1) is 12.3. The van der Waals surface area contributed by atoms with E-state index in [4.69, 9.17) is 0 Å². The Morgan fingerprint density at radius 3 is 3.06 bits per heavy atom. The number of nitrogens with one attached hydrogen (secondary N) is 3. The van der Waals surface area contributed by atoms with Gasteiger partial charge in [-0.05, 0) is 13.3 Å². The van der Waals surface area contributed by atoms with E-state index in [1.165, 1.54) is 5.01 Å². The molecule has 7 nitrogen and oxygen atoms in total. The van der Waals surface area contributed by atoms with Crippen molar-refractivity contribution in [1.29, 1.82) is 0 Å². The Morgan fingerprint density at radius 2 is 2.38 bits per heavy atom. The molecule has 0 spiro atoms. The van der Waals surface area contributed by atoms with E-state index in [1.807, 2.05) is 6.92 Å². The highest BCUT2D eigenvalue weighted by Crippen LogP contribution is 1.93. The molecule has 0 saturated heterocycles. The molecule has 0 saturated carbocycles. The summed E-state index contributed by atoms with van der Waals surface area (Å²) in [6.45, 7) is 4.71. The molecular formula is C9H17N5O2. The molecule has 1 aliphatic rings. The van der Waals surface area contributed by atoms with Gasteiger partial charge in [0.05, 0.1) is 12.3 Å². The van der Waals surface area contributed by atoms with Gasteiger partial charge in [0.2, 0.25) is 0 Å². The highest BCUT2D eigenvalue weighted by atomic mass is 16.2. The van der Waals surface area contributed by atoms with Crippen molar-refractivity contribution >= 4 is 17.8 Å². The van der Waals surface area contributed by atoms with Crippen molar-refractivity contribution in [3.63, 3.8) is 0 Å². The topological polar surface area (TPSA) is 85.8 Å². The lowest BCUT2D eigenvalue weighted by Gasteiger charge is -2.25. The van der Waals surface area contributed by atoms with Gasteiger partial charge in [0.15, 0.2) is 0 Å². The van der Waals surface area contributed by atoms with Crippen molar-refractivity contribution in [2.45, 2.75) is 26.7 Å². The summed E-state index contributed by atoms with van der Waals surface area (Å²) in [5.74, 6) is 0. The molecule has 1 heterocycles. The summed E-state index contributed by atoms with van der Waals surface area (Å²) in [6.07, 6.45) is 1.93. The number of hydrazine groups is 1. The molecule has 0 aromatic heterocycles. The van der Waals surface area contributed by atoms with Gasteiger partial charge in [-0.25, -0.2) is 25.4 Å². The first-order valence-corrected chi connectivity index (χ1v) is 5.28. The van der Waals surface area contributed by atoms with E-state index in [0.717, 1.165) is 18.6 Å². The minimum atomic E-state index is -0.434. The van der Waals surface area contributed by atoms with Gasteiger partial charge >= 0.3 is 12.1 Å². The molecule has 3 N–H and O–H groups in total. The summed E-state index contributed by atoms with van der Waals surface area (Å²) in [5, 5.41) is 7.59. The maximum absolute atomic E-state index is 11.4. The van der Waals surface area contributed by atoms with Gasteiger partial charge in [-0.15, -0.1) is 0 Å². The van der Waals surface area contributed by atoms with Crippen molar-refractivity contribution in [3.8, 4) is 0 Å². The van der Waals surface area contributed by atoms with E-state index >= 15 is 0 Å². The predicted molar refractivity (Wildman–Crippen MR) is 59.8 cm³/mol. The molecule has 0 fully saturated rings. The highest BCUT2D eigenvalue weighted by molar-refractivity contribution is 5.92. The van der Waals surface area contributed by atoms with Crippen LogP contribution in [0.5, 0.6) is 0 Å². The molecule has 0 aromatic rings. The van der Waals surface area contributed by atoms with Crippen LogP contribution in [0, 0.1) is 0 Å². The van der Waals surface area contributed by atoms with Crippen LogP contribution in [0.4, 0.5) is 9.59 Å². The largest absolute Gasteiger partial charge is 0.356 e. The second-order valence-corrected chi connectivity index (χ2v) is 3.57. The summed E-state index contributed by atoms with van der Waals surface area (Å²) in [4.78, 5) is 22.6. The lowest BCUT2D eigenvalue weighted by Crippen LogP contribution is -2.56.